The second-order valence-electron chi connectivity index (χ2n) is 6.82. The van der Waals surface area contributed by atoms with Gasteiger partial charge in [0, 0.05) is 0 Å². The molecule has 0 spiro atoms. The number of unbranched alkanes of at least 4 members (excludes halogenated alkanes) is 1. The highest BCUT2D eigenvalue weighted by atomic mass is 16.7. The molecular weight excluding hydrogens is 259 g/mol. The van der Waals surface area contributed by atoms with Gasteiger partial charge in [-0.15, -0.1) is 0 Å². The Bertz CT molecular complexity index is 475. The first-order valence-corrected chi connectivity index (χ1v) is 7.97. The lowest BCUT2D eigenvalue weighted by molar-refractivity contribution is 0.00578. The van der Waals surface area contributed by atoms with E-state index in [1.165, 1.54) is 17.5 Å². The van der Waals surface area contributed by atoms with Crippen molar-refractivity contribution in [2.75, 3.05) is 0 Å². The highest BCUT2D eigenvalue weighted by Gasteiger charge is 2.52. The number of allylic oxidation sites excluding steroid dienone is 1. The SMILES string of the molecule is CCCC/C(=C\c1ccccc1)B1OC(C)(C)C(C)(C)O1. The average Bonchev–Trinajstić information content (AvgIpc) is 2.64. The molecule has 0 bridgehead atoms. The maximum atomic E-state index is 6.20. The van der Waals surface area contributed by atoms with Gasteiger partial charge < -0.3 is 9.31 Å². The first-order chi connectivity index (χ1) is 9.86. The molecule has 1 aromatic rings. The van der Waals surface area contributed by atoms with Crippen molar-refractivity contribution in [1.29, 1.82) is 0 Å². The molecule has 1 aliphatic rings. The van der Waals surface area contributed by atoms with Gasteiger partial charge in [-0.05, 0) is 45.2 Å². The molecule has 0 aromatic heterocycles. The lowest BCUT2D eigenvalue weighted by Crippen LogP contribution is -2.41. The molecule has 0 atom stereocenters. The van der Waals surface area contributed by atoms with Crippen LogP contribution in [-0.4, -0.2) is 18.3 Å². The largest absolute Gasteiger partial charge is 0.490 e. The Morgan fingerprint density at radius 2 is 1.62 bits per heavy atom. The molecule has 114 valence electrons. The predicted octanol–water partition coefficient (Wildman–Crippen LogP) is 4.89. The van der Waals surface area contributed by atoms with E-state index < -0.39 is 0 Å². The summed E-state index contributed by atoms with van der Waals surface area (Å²) in [6, 6.07) is 10.4. The quantitative estimate of drug-likeness (QED) is 0.717. The van der Waals surface area contributed by atoms with Crippen LogP contribution in [0.4, 0.5) is 0 Å². The predicted molar refractivity (Wildman–Crippen MR) is 90.0 cm³/mol. The monoisotopic (exact) mass is 286 g/mol. The fraction of sp³-hybridized carbons (Fsp3) is 0.556. The molecule has 1 fully saturated rings. The molecule has 2 nitrogen and oxygen atoms in total. The van der Waals surface area contributed by atoms with Crippen LogP contribution < -0.4 is 0 Å². The molecule has 0 amide bonds. The fourth-order valence-corrected chi connectivity index (χ4v) is 2.40. The first kappa shape index (κ1) is 16.3. The Labute approximate surface area is 129 Å². The third kappa shape index (κ3) is 3.78. The Morgan fingerprint density at radius 3 is 2.14 bits per heavy atom. The van der Waals surface area contributed by atoms with Gasteiger partial charge >= 0.3 is 7.12 Å². The molecule has 0 radical (unpaired) electrons. The van der Waals surface area contributed by atoms with Crippen molar-refractivity contribution in [3.63, 3.8) is 0 Å². The maximum Gasteiger partial charge on any atom is 0.490 e. The van der Waals surface area contributed by atoms with Crippen LogP contribution >= 0.6 is 0 Å². The highest BCUT2D eigenvalue weighted by Crippen LogP contribution is 2.39. The molecule has 0 N–H and O–H groups in total. The molecule has 1 saturated heterocycles. The van der Waals surface area contributed by atoms with E-state index in [2.05, 4.69) is 65.0 Å². The molecule has 0 saturated carbocycles. The zero-order valence-corrected chi connectivity index (χ0v) is 14.0. The van der Waals surface area contributed by atoms with Crippen molar-refractivity contribution >= 4 is 13.2 Å². The number of benzene rings is 1. The summed E-state index contributed by atoms with van der Waals surface area (Å²) >= 11 is 0. The van der Waals surface area contributed by atoms with Crippen LogP contribution in [0.1, 0.15) is 59.4 Å². The lowest BCUT2D eigenvalue weighted by atomic mass is 9.74. The van der Waals surface area contributed by atoms with Crippen molar-refractivity contribution in [3.05, 3.63) is 41.4 Å². The van der Waals surface area contributed by atoms with Crippen LogP contribution in [0.3, 0.4) is 0 Å². The Kier molecular flexibility index (Phi) is 4.95. The van der Waals surface area contributed by atoms with E-state index in [9.17, 15) is 0 Å². The van der Waals surface area contributed by atoms with Crippen molar-refractivity contribution in [1.82, 2.24) is 0 Å². The first-order valence-electron chi connectivity index (χ1n) is 7.97. The van der Waals surface area contributed by atoms with Gasteiger partial charge in [-0.25, -0.2) is 0 Å². The van der Waals surface area contributed by atoms with E-state index in [0.717, 1.165) is 12.8 Å². The lowest BCUT2D eigenvalue weighted by Gasteiger charge is -2.32. The summed E-state index contributed by atoms with van der Waals surface area (Å²) in [4.78, 5) is 0. The van der Waals surface area contributed by atoms with E-state index in [0.29, 0.717) is 0 Å². The minimum absolute atomic E-state index is 0.234. The summed E-state index contributed by atoms with van der Waals surface area (Å²) in [6.07, 6.45) is 5.56. The molecule has 3 heteroatoms. The van der Waals surface area contributed by atoms with E-state index in [1.54, 1.807) is 0 Å². The maximum absolute atomic E-state index is 6.20. The molecule has 1 aromatic carbocycles. The molecule has 1 heterocycles. The normalized spacial score (nSPS) is 20.8. The van der Waals surface area contributed by atoms with Gasteiger partial charge in [-0.1, -0.05) is 56.2 Å². The van der Waals surface area contributed by atoms with Crippen LogP contribution in [0, 0.1) is 0 Å². The number of rotatable bonds is 5. The third-order valence-corrected chi connectivity index (χ3v) is 4.53. The van der Waals surface area contributed by atoms with Gasteiger partial charge in [-0.3, -0.25) is 0 Å². The van der Waals surface area contributed by atoms with Crippen molar-refractivity contribution in [2.24, 2.45) is 0 Å². The molecule has 1 aliphatic heterocycles. The van der Waals surface area contributed by atoms with Gasteiger partial charge in [0.2, 0.25) is 0 Å². The van der Waals surface area contributed by atoms with Crippen molar-refractivity contribution in [2.45, 2.75) is 65.1 Å². The summed E-state index contributed by atoms with van der Waals surface area (Å²) in [5, 5.41) is 0. The molecule has 21 heavy (non-hydrogen) atoms. The third-order valence-electron chi connectivity index (χ3n) is 4.53. The summed E-state index contributed by atoms with van der Waals surface area (Å²) < 4.78 is 12.4. The standard InChI is InChI=1S/C18H27BO2/c1-6-7-13-16(14-15-11-9-8-10-12-15)19-20-17(2,3)18(4,5)21-19/h8-12,14H,6-7,13H2,1-5H3/b16-14+. The second kappa shape index (κ2) is 6.37. The van der Waals surface area contributed by atoms with Gasteiger partial charge in [0.1, 0.15) is 0 Å². The van der Waals surface area contributed by atoms with E-state index in [4.69, 9.17) is 9.31 Å². The zero-order valence-electron chi connectivity index (χ0n) is 14.0. The smallest absolute Gasteiger partial charge is 0.400 e. The molecule has 0 aliphatic carbocycles. The fourth-order valence-electron chi connectivity index (χ4n) is 2.40. The highest BCUT2D eigenvalue weighted by molar-refractivity contribution is 6.55. The summed E-state index contributed by atoms with van der Waals surface area (Å²) in [5.74, 6) is 0. The van der Waals surface area contributed by atoms with Crippen molar-refractivity contribution in [3.8, 4) is 0 Å². The van der Waals surface area contributed by atoms with E-state index in [-0.39, 0.29) is 18.3 Å². The summed E-state index contributed by atoms with van der Waals surface area (Å²) in [5.41, 5.74) is 1.89. The van der Waals surface area contributed by atoms with E-state index >= 15 is 0 Å². The summed E-state index contributed by atoms with van der Waals surface area (Å²) in [7, 11) is -0.234. The average molecular weight is 286 g/mol. The minimum atomic E-state index is -0.278. The van der Waals surface area contributed by atoms with Crippen molar-refractivity contribution < 1.29 is 9.31 Å². The van der Waals surface area contributed by atoms with Gasteiger partial charge in [0.05, 0.1) is 11.2 Å². The van der Waals surface area contributed by atoms with Crippen LogP contribution in [0.5, 0.6) is 0 Å². The Balaban J connectivity index is 2.24. The molecule has 2 rings (SSSR count). The minimum Gasteiger partial charge on any atom is -0.400 e. The zero-order chi connectivity index (χ0) is 15.5. The second-order valence-corrected chi connectivity index (χ2v) is 6.82. The van der Waals surface area contributed by atoms with Crippen LogP contribution in [-0.2, 0) is 9.31 Å². The molecule has 0 unspecified atom stereocenters. The Hall–Kier alpha value is -1.06. The van der Waals surface area contributed by atoms with Crippen LogP contribution in [0.15, 0.2) is 35.8 Å². The van der Waals surface area contributed by atoms with Gasteiger partial charge in [0.25, 0.3) is 0 Å². The number of hydrogen-bond acceptors (Lipinski definition) is 2. The van der Waals surface area contributed by atoms with Crippen LogP contribution in [0.2, 0.25) is 0 Å². The summed E-state index contributed by atoms with van der Waals surface area (Å²) in [6.45, 7) is 10.6. The van der Waals surface area contributed by atoms with E-state index in [1.807, 2.05) is 6.07 Å². The Morgan fingerprint density at radius 1 is 1.05 bits per heavy atom. The van der Waals surface area contributed by atoms with Crippen LogP contribution in [0.25, 0.3) is 6.08 Å². The molecular formula is C18H27BO2. The van der Waals surface area contributed by atoms with Gasteiger partial charge in [0.15, 0.2) is 0 Å². The number of hydrogen-bond donors (Lipinski definition) is 0. The topological polar surface area (TPSA) is 18.5 Å². The van der Waals surface area contributed by atoms with Gasteiger partial charge in [-0.2, -0.15) is 0 Å².